The molecule has 0 aliphatic carbocycles. The molecule has 0 radical (unpaired) electrons. The zero-order valence-electron chi connectivity index (χ0n) is 22.3. The Balaban J connectivity index is 1.38. The minimum absolute atomic E-state index is 0.0165. The Bertz CT molecular complexity index is 1920. The molecule has 5 aromatic rings. The van der Waals surface area contributed by atoms with E-state index >= 15 is 0 Å². The van der Waals surface area contributed by atoms with E-state index in [9.17, 15) is 14.7 Å². The number of carbonyl (C=O) groups is 2. The first-order chi connectivity index (χ1) is 20.4. The number of aliphatic hydroxyl groups excluding tert-OH is 1. The predicted molar refractivity (Wildman–Crippen MR) is 163 cm³/mol. The third-order valence-electron chi connectivity index (χ3n) is 7.31. The fraction of sp³-hybridized carbons (Fsp3) is 0.121. The van der Waals surface area contributed by atoms with E-state index in [0.29, 0.717) is 44.7 Å². The number of amides is 1. The first-order valence-corrected chi connectivity index (χ1v) is 14.5. The van der Waals surface area contributed by atoms with Crippen molar-refractivity contribution in [2.45, 2.75) is 25.5 Å². The molecule has 7 rings (SSSR count). The van der Waals surface area contributed by atoms with Crippen LogP contribution in [0.4, 0.5) is 5.13 Å². The number of anilines is 1. The SMILES string of the molecule is C[C@H]1Cc2cc(/C(O)=C3\C(=O)C(=O)N(c4nc5ccc(Cl)cc5s4)[C@H]3c3cccc(Oc4ccccc4)c3)ccc2O1. The minimum atomic E-state index is -0.955. The van der Waals surface area contributed by atoms with Crippen molar-refractivity contribution in [1.82, 2.24) is 4.98 Å². The molecular formula is C33H23ClN2O5S. The number of nitrogens with zero attached hydrogens (tertiary/aromatic N) is 2. The summed E-state index contributed by atoms with van der Waals surface area (Å²) in [6.07, 6.45) is 0.698. The second kappa shape index (κ2) is 10.3. The van der Waals surface area contributed by atoms with Gasteiger partial charge in [-0.15, -0.1) is 0 Å². The van der Waals surface area contributed by atoms with E-state index in [1.54, 1.807) is 54.6 Å². The van der Waals surface area contributed by atoms with Crippen LogP contribution in [0, 0.1) is 0 Å². The van der Waals surface area contributed by atoms with Gasteiger partial charge in [0.2, 0.25) is 0 Å². The number of Topliss-reactive ketones (excluding diaryl/α,β-unsaturated/α-hetero) is 1. The average molecular weight is 595 g/mol. The second-order valence-electron chi connectivity index (χ2n) is 10.2. The Kier molecular flexibility index (Phi) is 6.45. The molecule has 1 N–H and O–H groups in total. The van der Waals surface area contributed by atoms with Crippen LogP contribution >= 0.6 is 22.9 Å². The molecule has 2 aliphatic rings. The van der Waals surface area contributed by atoms with Gasteiger partial charge < -0.3 is 14.6 Å². The molecule has 1 amide bonds. The molecule has 0 spiro atoms. The number of aromatic nitrogens is 1. The minimum Gasteiger partial charge on any atom is -0.507 e. The maximum atomic E-state index is 13.7. The molecule has 42 heavy (non-hydrogen) atoms. The number of benzene rings is 4. The van der Waals surface area contributed by atoms with E-state index < -0.39 is 17.7 Å². The van der Waals surface area contributed by atoms with E-state index in [4.69, 9.17) is 21.1 Å². The van der Waals surface area contributed by atoms with Gasteiger partial charge in [-0.25, -0.2) is 4.98 Å². The lowest BCUT2D eigenvalue weighted by Gasteiger charge is -2.23. The number of fused-ring (bicyclic) bond motifs is 2. The van der Waals surface area contributed by atoms with Crippen molar-refractivity contribution in [2.24, 2.45) is 0 Å². The highest BCUT2D eigenvalue weighted by Crippen LogP contribution is 2.45. The zero-order chi connectivity index (χ0) is 29.0. The van der Waals surface area contributed by atoms with Crippen LogP contribution in [0.3, 0.4) is 0 Å². The Labute approximate surface area is 250 Å². The Morgan fingerprint density at radius 3 is 2.64 bits per heavy atom. The Morgan fingerprint density at radius 1 is 1.00 bits per heavy atom. The van der Waals surface area contributed by atoms with Crippen molar-refractivity contribution in [3.8, 4) is 17.2 Å². The van der Waals surface area contributed by atoms with Gasteiger partial charge in [0, 0.05) is 17.0 Å². The summed E-state index contributed by atoms with van der Waals surface area (Å²) in [7, 11) is 0. The van der Waals surface area contributed by atoms with E-state index in [0.717, 1.165) is 16.0 Å². The number of aliphatic hydroxyl groups is 1. The summed E-state index contributed by atoms with van der Waals surface area (Å²) in [6, 6.07) is 26.1. The van der Waals surface area contributed by atoms with Crippen LogP contribution in [-0.2, 0) is 16.0 Å². The van der Waals surface area contributed by atoms with Crippen LogP contribution < -0.4 is 14.4 Å². The molecule has 1 fully saturated rings. The van der Waals surface area contributed by atoms with E-state index in [1.807, 2.05) is 43.3 Å². The fourth-order valence-electron chi connectivity index (χ4n) is 5.43. The monoisotopic (exact) mass is 594 g/mol. The number of halogens is 1. The summed E-state index contributed by atoms with van der Waals surface area (Å²) in [5, 5.41) is 12.5. The van der Waals surface area contributed by atoms with Gasteiger partial charge in [0.05, 0.1) is 21.8 Å². The molecule has 7 nitrogen and oxygen atoms in total. The third kappa shape index (κ3) is 4.58. The standard InChI is InChI=1S/C33H23ClN2O5S/c1-18-14-21-15-20(10-13-26(21)40-18)30(37)28-29(19-6-5-9-24(16-19)41-23-7-3-2-4-8-23)36(32(39)31(28)38)33-35-25-12-11-22(34)17-27(25)42-33/h2-13,15-18,29,37H,14H2,1H3/b30-28+/t18-,29-/m0/s1. The zero-order valence-corrected chi connectivity index (χ0v) is 23.9. The first-order valence-electron chi connectivity index (χ1n) is 13.4. The highest BCUT2D eigenvalue weighted by Gasteiger charge is 2.48. The highest BCUT2D eigenvalue weighted by atomic mass is 35.5. The number of rotatable bonds is 5. The van der Waals surface area contributed by atoms with Crippen molar-refractivity contribution >= 4 is 55.7 Å². The van der Waals surface area contributed by atoms with Crippen molar-refractivity contribution in [1.29, 1.82) is 0 Å². The van der Waals surface area contributed by atoms with Gasteiger partial charge >= 0.3 is 5.91 Å². The summed E-state index contributed by atoms with van der Waals surface area (Å²) in [5.74, 6) is 0.0653. The molecule has 0 unspecified atom stereocenters. The molecule has 0 bridgehead atoms. The van der Waals surface area contributed by atoms with Crippen LogP contribution in [0.1, 0.15) is 29.7 Å². The molecule has 2 atom stereocenters. The van der Waals surface area contributed by atoms with Gasteiger partial charge in [-0.05, 0) is 78.7 Å². The maximum absolute atomic E-state index is 13.7. The highest BCUT2D eigenvalue weighted by molar-refractivity contribution is 7.22. The lowest BCUT2D eigenvalue weighted by Crippen LogP contribution is -2.29. The van der Waals surface area contributed by atoms with Gasteiger partial charge in [-0.1, -0.05) is 53.3 Å². The largest absolute Gasteiger partial charge is 0.507 e. The molecule has 3 heterocycles. The van der Waals surface area contributed by atoms with E-state index in [1.165, 1.54) is 16.2 Å². The number of hydrogen-bond acceptors (Lipinski definition) is 7. The Morgan fingerprint density at radius 2 is 1.81 bits per heavy atom. The van der Waals surface area contributed by atoms with Crippen molar-refractivity contribution in [3.63, 3.8) is 0 Å². The van der Waals surface area contributed by atoms with Crippen LogP contribution in [0.15, 0.2) is 96.6 Å². The quantitative estimate of drug-likeness (QED) is 0.127. The van der Waals surface area contributed by atoms with Gasteiger partial charge in [-0.3, -0.25) is 14.5 Å². The smallest absolute Gasteiger partial charge is 0.301 e. The molecule has 0 saturated carbocycles. The number of hydrogen-bond donors (Lipinski definition) is 1. The van der Waals surface area contributed by atoms with Crippen LogP contribution in [0.5, 0.6) is 17.2 Å². The third-order valence-corrected chi connectivity index (χ3v) is 8.56. The molecule has 1 aromatic heterocycles. The van der Waals surface area contributed by atoms with Crippen molar-refractivity contribution < 1.29 is 24.2 Å². The Hall–Kier alpha value is -4.66. The molecule has 208 valence electrons. The first kappa shape index (κ1) is 26.3. The van der Waals surface area contributed by atoms with E-state index in [-0.39, 0.29) is 17.4 Å². The topological polar surface area (TPSA) is 89.0 Å². The number of ether oxygens (including phenoxy) is 2. The van der Waals surface area contributed by atoms with Gasteiger partial charge in [0.15, 0.2) is 5.13 Å². The van der Waals surface area contributed by atoms with Crippen LogP contribution in [-0.4, -0.2) is 27.9 Å². The van der Waals surface area contributed by atoms with Gasteiger partial charge in [0.25, 0.3) is 5.78 Å². The molecule has 2 aliphatic heterocycles. The number of carbonyl (C=O) groups excluding carboxylic acids is 2. The summed E-state index contributed by atoms with van der Waals surface area (Å²) in [6.45, 7) is 1.97. The van der Waals surface area contributed by atoms with Gasteiger partial charge in [0.1, 0.15) is 29.1 Å². The summed E-state index contributed by atoms with van der Waals surface area (Å²) >= 11 is 7.46. The summed E-state index contributed by atoms with van der Waals surface area (Å²) in [4.78, 5) is 33.4. The van der Waals surface area contributed by atoms with E-state index in [2.05, 4.69) is 4.98 Å². The normalized spacial score (nSPS) is 19.2. The summed E-state index contributed by atoms with van der Waals surface area (Å²) < 4.78 is 12.6. The lowest BCUT2D eigenvalue weighted by atomic mass is 9.94. The fourth-order valence-corrected chi connectivity index (χ4v) is 6.70. The number of thiazole rings is 1. The molecular weight excluding hydrogens is 572 g/mol. The number of ketones is 1. The molecule has 4 aromatic carbocycles. The number of para-hydroxylation sites is 1. The van der Waals surface area contributed by atoms with Crippen molar-refractivity contribution in [3.05, 3.63) is 118 Å². The molecule has 1 saturated heterocycles. The lowest BCUT2D eigenvalue weighted by molar-refractivity contribution is -0.132. The maximum Gasteiger partial charge on any atom is 0.301 e. The van der Waals surface area contributed by atoms with Crippen LogP contribution in [0.25, 0.3) is 16.0 Å². The van der Waals surface area contributed by atoms with Crippen molar-refractivity contribution in [2.75, 3.05) is 4.90 Å². The molecule has 9 heteroatoms. The van der Waals surface area contributed by atoms with Crippen LogP contribution in [0.2, 0.25) is 5.02 Å². The summed E-state index contributed by atoms with van der Waals surface area (Å²) in [5.41, 5.74) is 2.57. The average Bonchev–Trinajstić information content (AvgIpc) is 3.65. The second-order valence-corrected chi connectivity index (χ2v) is 11.7. The van der Waals surface area contributed by atoms with Gasteiger partial charge in [-0.2, -0.15) is 0 Å². The predicted octanol–water partition coefficient (Wildman–Crippen LogP) is 7.69.